The Balaban J connectivity index is 2.00. The summed E-state index contributed by atoms with van der Waals surface area (Å²) in [6.45, 7) is 0. The first-order chi connectivity index (χ1) is 10.1. The van der Waals surface area contributed by atoms with Crippen LogP contribution in [0.5, 0.6) is 5.75 Å². The summed E-state index contributed by atoms with van der Waals surface area (Å²) in [6.07, 6.45) is 0.362. The second-order valence-electron chi connectivity index (χ2n) is 4.89. The molecule has 1 aliphatic rings. The van der Waals surface area contributed by atoms with Crippen molar-refractivity contribution < 1.29 is 9.53 Å². The van der Waals surface area contributed by atoms with Crippen molar-refractivity contribution in [2.75, 3.05) is 12.4 Å². The highest BCUT2D eigenvalue weighted by atomic mass is 35.5. The van der Waals surface area contributed by atoms with Crippen LogP contribution in [0.3, 0.4) is 0 Å². The van der Waals surface area contributed by atoms with E-state index >= 15 is 0 Å². The van der Waals surface area contributed by atoms with E-state index in [2.05, 4.69) is 5.32 Å². The third kappa shape index (κ3) is 2.71. The van der Waals surface area contributed by atoms with Gasteiger partial charge in [0.05, 0.1) is 18.9 Å². The van der Waals surface area contributed by atoms with Crippen LogP contribution >= 0.6 is 23.2 Å². The molecular weight excluding hydrogens is 309 g/mol. The van der Waals surface area contributed by atoms with Gasteiger partial charge in [-0.25, -0.2) is 0 Å². The largest absolute Gasteiger partial charge is 0.497 e. The molecular formula is C16H13Cl2NO2. The lowest BCUT2D eigenvalue weighted by atomic mass is 10.0. The van der Waals surface area contributed by atoms with Crippen molar-refractivity contribution in [3.63, 3.8) is 0 Å². The number of rotatable bonds is 3. The van der Waals surface area contributed by atoms with Crippen LogP contribution in [0, 0.1) is 0 Å². The van der Waals surface area contributed by atoms with Gasteiger partial charge in [0.15, 0.2) is 0 Å². The average Bonchev–Trinajstić information content (AvgIpc) is 2.84. The Morgan fingerprint density at radius 3 is 2.86 bits per heavy atom. The molecule has 0 spiro atoms. The third-order valence-corrected chi connectivity index (χ3v) is 4.32. The topological polar surface area (TPSA) is 38.3 Å². The van der Waals surface area contributed by atoms with Gasteiger partial charge in [-0.05, 0) is 41.0 Å². The lowest BCUT2D eigenvalue weighted by molar-refractivity contribution is -0.115. The lowest BCUT2D eigenvalue weighted by Gasteiger charge is -2.14. The molecule has 1 N–H and O–H groups in total. The number of benzene rings is 2. The molecule has 1 amide bonds. The number of alkyl halides is 1. The number of nitrogens with one attached hydrogen (secondary N) is 1. The molecule has 0 aliphatic carbocycles. The quantitative estimate of drug-likeness (QED) is 0.861. The Kier molecular flexibility index (Phi) is 3.79. The van der Waals surface area contributed by atoms with Gasteiger partial charge in [0.1, 0.15) is 5.75 Å². The van der Waals surface area contributed by atoms with Gasteiger partial charge in [-0.2, -0.15) is 0 Å². The first-order valence-corrected chi connectivity index (χ1v) is 7.30. The van der Waals surface area contributed by atoms with Gasteiger partial charge < -0.3 is 10.1 Å². The first kappa shape index (κ1) is 14.2. The number of methoxy groups -OCH3 is 1. The summed E-state index contributed by atoms with van der Waals surface area (Å²) < 4.78 is 5.21. The van der Waals surface area contributed by atoms with Crippen LogP contribution in [0.25, 0.3) is 0 Å². The molecule has 2 aromatic rings. The Hall–Kier alpha value is -1.71. The molecule has 0 saturated heterocycles. The number of carbonyl (C=O) groups excluding carboxylic acids is 1. The van der Waals surface area contributed by atoms with E-state index in [1.54, 1.807) is 13.2 Å². The zero-order chi connectivity index (χ0) is 15.0. The van der Waals surface area contributed by atoms with E-state index < -0.39 is 5.38 Å². The zero-order valence-electron chi connectivity index (χ0n) is 11.3. The number of fused-ring (bicyclic) bond motifs is 1. The molecule has 3 rings (SSSR count). The number of ether oxygens (including phenoxy) is 1. The maximum atomic E-state index is 11.4. The van der Waals surface area contributed by atoms with Gasteiger partial charge in [-0.1, -0.05) is 23.7 Å². The fourth-order valence-electron chi connectivity index (χ4n) is 2.44. The molecule has 0 radical (unpaired) electrons. The minimum absolute atomic E-state index is 0.0225. The normalized spacial score (nSPS) is 14.5. The van der Waals surface area contributed by atoms with Gasteiger partial charge in [0, 0.05) is 10.7 Å². The molecule has 1 aliphatic heterocycles. The monoisotopic (exact) mass is 321 g/mol. The van der Waals surface area contributed by atoms with Crippen molar-refractivity contribution in [1.29, 1.82) is 0 Å². The van der Waals surface area contributed by atoms with Crippen molar-refractivity contribution in [3.8, 4) is 5.75 Å². The minimum Gasteiger partial charge on any atom is -0.497 e. The summed E-state index contributed by atoms with van der Waals surface area (Å²) in [5, 5.41) is 2.92. The van der Waals surface area contributed by atoms with E-state index in [1.165, 1.54) is 0 Å². The van der Waals surface area contributed by atoms with E-state index in [0.717, 1.165) is 28.1 Å². The molecule has 1 atom stereocenters. The first-order valence-electron chi connectivity index (χ1n) is 6.48. The smallest absolute Gasteiger partial charge is 0.228 e. The SMILES string of the molecule is COc1cccc(C(Cl)c2cc3c(cc2Cl)NC(=O)C3)c1. The van der Waals surface area contributed by atoms with Crippen molar-refractivity contribution in [2.45, 2.75) is 11.8 Å². The maximum absolute atomic E-state index is 11.4. The number of hydrogen-bond acceptors (Lipinski definition) is 2. The maximum Gasteiger partial charge on any atom is 0.228 e. The molecule has 1 heterocycles. The third-order valence-electron chi connectivity index (χ3n) is 3.51. The minimum atomic E-state index is -0.395. The zero-order valence-corrected chi connectivity index (χ0v) is 12.8. The summed E-state index contributed by atoms with van der Waals surface area (Å²) >= 11 is 12.9. The van der Waals surface area contributed by atoms with E-state index in [9.17, 15) is 4.79 Å². The van der Waals surface area contributed by atoms with E-state index in [-0.39, 0.29) is 5.91 Å². The molecule has 3 nitrogen and oxygen atoms in total. The number of amides is 1. The standard InChI is InChI=1S/C16H13Cl2NO2/c1-21-11-4-2-3-9(5-11)16(18)12-6-10-7-15(20)19-14(10)8-13(12)17/h2-6,8,16H,7H2,1H3,(H,19,20). The van der Waals surface area contributed by atoms with Crippen LogP contribution in [0.4, 0.5) is 5.69 Å². The Bertz CT molecular complexity index is 715. The molecule has 1 unspecified atom stereocenters. The van der Waals surface area contributed by atoms with Crippen LogP contribution in [0.2, 0.25) is 5.02 Å². The highest BCUT2D eigenvalue weighted by Crippen LogP contribution is 2.39. The van der Waals surface area contributed by atoms with Gasteiger partial charge in [-0.15, -0.1) is 11.6 Å². The van der Waals surface area contributed by atoms with Gasteiger partial charge in [0.2, 0.25) is 5.91 Å². The molecule has 0 aromatic heterocycles. The van der Waals surface area contributed by atoms with Crippen LogP contribution < -0.4 is 10.1 Å². The number of hydrogen-bond donors (Lipinski definition) is 1. The van der Waals surface area contributed by atoms with E-state index in [4.69, 9.17) is 27.9 Å². The summed E-state index contributed by atoms with van der Waals surface area (Å²) in [7, 11) is 1.61. The molecule has 5 heteroatoms. The van der Waals surface area contributed by atoms with Crippen molar-refractivity contribution in [2.24, 2.45) is 0 Å². The van der Waals surface area contributed by atoms with Crippen LogP contribution in [0.1, 0.15) is 22.1 Å². The van der Waals surface area contributed by atoms with Crippen LogP contribution in [0.15, 0.2) is 36.4 Å². The molecule has 0 saturated carbocycles. The van der Waals surface area contributed by atoms with Crippen molar-refractivity contribution in [1.82, 2.24) is 0 Å². The average molecular weight is 322 g/mol. The fourth-order valence-corrected chi connectivity index (χ4v) is 3.08. The predicted molar refractivity (Wildman–Crippen MR) is 84.5 cm³/mol. The summed E-state index contributed by atoms with van der Waals surface area (Å²) in [4.78, 5) is 11.4. The molecule has 0 bridgehead atoms. The molecule has 21 heavy (non-hydrogen) atoms. The van der Waals surface area contributed by atoms with E-state index in [1.807, 2.05) is 30.3 Å². The second kappa shape index (κ2) is 5.58. The number of anilines is 1. The van der Waals surface area contributed by atoms with Gasteiger partial charge >= 0.3 is 0 Å². The Morgan fingerprint density at radius 1 is 1.29 bits per heavy atom. The van der Waals surface area contributed by atoms with Gasteiger partial charge in [-0.3, -0.25) is 4.79 Å². The highest BCUT2D eigenvalue weighted by molar-refractivity contribution is 6.33. The van der Waals surface area contributed by atoms with Crippen LogP contribution in [-0.2, 0) is 11.2 Å². The molecule has 2 aromatic carbocycles. The number of halogens is 2. The van der Waals surface area contributed by atoms with Crippen LogP contribution in [-0.4, -0.2) is 13.0 Å². The number of carbonyl (C=O) groups is 1. The summed E-state index contributed by atoms with van der Waals surface area (Å²) in [6, 6.07) is 11.2. The summed E-state index contributed by atoms with van der Waals surface area (Å²) in [5.74, 6) is 0.720. The highest BCUT2D eigenvalue weighted by Gasteiger charge is 2.23. The van der Waals surface area contributed by atoms with Gasteiger partial charge in [0.25, 0.3) is 0 Å². The summed E-state index contributed by atoms with van der Waals surface area (Å²) in [5.41, 5.74) is 3.38. The fraction of sp³-hybridized carbons (Fsp3) is 0.188. The Labute approximate surface area is 132 Å². The van der Waals surface area contributed by atoms with E-state index in [0.29, 0.717) is 11.4 Å². The second-order valence-corrected chi connectivity index (χ2v) is 5.74. The Morgan fingerprint density at radius 2 is 2.10 bits per heavy atom. The predicted octanol–water partition coefficient (Wildman–Crippen LogP) is 4.17. The lowest BCUT2D eigenvalue weighted by Crippen LogP contribution is -2.03. The van der Waals surface area contributed by atoms with Crippen molar-refractivity contribution >= 4 is 34.8 Å². The molecule has 0 fully saturated rings. The van der Waals surface area contributed by atoms with Crippen molar-refractivity contribution in [3.05, 3.63) is 58.1 Å². The molecule has 108 valence electrons.